The average Bonchev–Trinajstić information content (AvgIpc) is 3.92. The van der Waals surface area contributed by atoms with Crippen LogP contribution in [0, 0.1) is 0 Å². The summed E-state index contributed by atoms with van der Waals surface area (Å²) < 4.78 is 6.59. The second-order valence-corrected chi connectivity index (χ2v) is 16.1. The van der Waals surface area contributed by atoms with Crippen molar-refractivity contribution in [1.29, 1.82) is 0 Å². The van der Waals surface area contributed by atoms with Crippen LogP contribution < -0.4 is 4.90 Å². The Hall–Kier alpha value is -7.42. The molecule has 2 aliphatic carbocycles. The van der Waals surface area contributed by atoms with Crippen LogP contribution in [0.3, 0.4) is 0 Å². The van der Waals surface area contributed by atoms with Gasteiger partial charge in [0.1, 0.15) is 11.2 Å². The minimum absolute atomic E-state index is 0.349. The highest BCUT2D eigenvalue weighted by Gasteiger charge is 2.47. The van der Waals surface area contributed by atoms with Crippen molar-refractivity contribution in [3.63, 3.8) is 0 Å². The second kappa shape index (κ2) is 12.8. The van der Waals surface area contributed by atoms with Gasteiger partial charge in [-0.3, -0.25) is 0 Å². The summed E-state index contributed by atoms with van der Waals surface area (Å²) >= 11 is 0. The lowest BCUT2D eigenvalue weighted by atomic mass is 9.68. The van der Waals surface area contributed by atoms with Crippen molar-refractivity contribution in [2.45, 2.75) is 17.8 Å². The maximum absolute atomic E-state index is 6.59. The van der Waals surface area contributed by atoms with Gasteiger partial charge in [-0.15, -0.1) is 0 Å². The molecule has 1 unspecified atom stereocenters. The largest absolute Gasteiger partial charge is 0.456 e. The number of anilines is 3. The molecular weight excluding hydrogens is 715 g/mol. The topological polar surface area (TPSA) is 16.4 Å². The van der Waals surface area contributed by atoms with Crippen LogP contribution in [0.1, 0.15) is 45.9 Å². The van der Waals surface area contributed by atoms with Crippen molar-refractivity contribution >= 4 is 39.0 Å². The summed E-state index contributed by atoms with van der Waals surface area (Å²) in [4.78, 5) is 2.48. The Balaban J connectivity index is 1.16. The number of para-hydroxylation sites is 1. The Kier molecular flexibility index (Phi) is 7.31. The van der Waals surface area contributed by atoms with Crippen LogP contribution in [0.4, 0.5) is 17.1 Å². The fraction of sp³-hybridized carbons (Fsp3) is 0.0526. The first kappa shape index (κ1) is 33.7. The monoisotopic (exact) mass is 753 g/mol. The fourth-order valence-electron chi connectivity index (χ4n) is 10.6. The van der Waals surface area contributed by atoms with E-state index in [2.05, 4.69) is 224 Å². The number of rotatable bonds is 6. The fourth-order valence-corrected chi connectivity index (χ4v) is 10.6. The number of benzene rings is 9. The average molecular weight is 754 g/mol. The van der Waals surface area contributed by atoms with E-state index in [1.54, 1.807) is 0 Å². The van der Waals surface area contributed by atoms with Crippen molar-refractivity contribution in [2.75, 3.05) is 4.90 Å². The molecule has 1 aromatic heterocycles. The summed E-state index contributed by atoms with van der Waals surface area (Å²) in [6.07, 6.45) is 0. The zero-order chi connectivity index (χ0) is 39.1. The molecule has 0 fully saturated rings. The van der Waals surface area contributed by atoms with Crippen molar-refractivity contribution in [2.24, 2.45) is 0 Å². The molecule has 2 nitrogen and oxygen atoms in total. The molecule has 0 saturated heterocycles. The van der Waals surface area contributed by atoms with Gasteiger partial charge < -0.3 is 9.32 Å². The SMILES string of the molecule is CC1(c2ccccc2)c2ccccc2-c2ccc(N(c3ccc4c(c3)oc3ccccc34)c3cccc4c3-c3ccccc3C4(c3ccccc3)c3ccccc3)cc21. The summed E-state index contributed by atoms with van der Waals surface area (Å²) in [6.45, 7) is 2.39. The van der Waals surface area contributed by atoms with Gasteiger partial charge >= 0.3 is 0 Å². The molecule has 0 radical (unpaired) electrons. The highest BCUT2D eigenvalue weighted by molar-refractivity contribution is 6.07. The van der Waals surface area contributed by atoms with Gasteiger partial charge in [-0.1, -0.05) is 176 Å². The van der Waals surface area contributed by atoms with E-state index in [4.69, 9.17) is 4.42 Å². The van der Waals surface area contributed by atoms with E-state index in [0.29, 0.717) is 0 Å². The number of hydrogen-bond acceptors (Lipinski definition) is 2. The minimum atomic E-state index is -0.524. The quantitative estimate of drug-likeness (QED) is 0.168. The summed E-state index contributed by atoms with van der Waals surface area (Å²) in [5.74, 6) is 0. The zero-order valence-corrected chi connectivity index (χ0v) is 32.6. The summed E-state index contributed by atoms with van der Waals surface area (Å²) in [7, 11) is 0. The molecule has 59 heavy (non-hydrogen) atoms. The van der Waals surface area contributed by atoms with Gasteiger partial charge in [-0.25, -0.2) is 0 Å². The molecule has 0 spiro atoms. The smallest absolute Gasteiger partial charge is 0.137 e. The second-order valence-electron chi connectivity index (χ2n) is 16.1. The highest BCUT2D eigenvalue weighted by atomic mass is 16.3. The molecule has 0 aliphatic heterocycles. The third kappa shape index (κ3) is 4.69. The van der Waals surface area contributed by atoms with Gasteiger partial charge in [0, 0.05) is 39.2 Å². The first-order valence-corrected chi connectivity index (χ1v) is 20.5. The lowest BCUT2D eigenvalue weighted by molar-refractivity contribution is 0.669. The Morgan fingerprint density at radius 1 is 0.373 bits per heavy atom. The van der Waals surface area contributed by atoms with E-state index < -0.39 is 5.41 Å². The van der Waals surface area contributed by atoms with Gasteiger partial charge in [0.15, 0.2) is 0 Å². The predicted octanol–water partition coefficient (Wildman–Crippen LogP) is 14.8. The molecule has 9 aromatic carbocycles. The Bertz CT molecular complexity index is 3200. The zero-order valence-electron chi connectivity index (χ0n) is 32.6. The lowest BCUT2D eigenvalue weighted by Crippen LogP contribution is -2.28. The maximum atomic E-state index is 6.59. The molecule has 10 aromatic rings. The van der Waals surface area contributed by atoms with E-state index >= 15 is 0 Å². The van der Waals surface area contributed by atoms with Gasteiger partial charge in [0.05, 0.1) is 11.1 Å². The van der Waals surface area contributed by atoms with E-state index in [0.717, 1.165) is 39.0 Å². The van der Waals surface area contributed by atoms with Gasteiger partial charge in [0.2, 0.25) is 0 Å². The molecule has 2 aliphatic rings. The molecule has 12 rings (SSSR count). The van der Waals surface area contributed by atoms with Crippen LogP contribution in [0.5, 0.6) is 0 Å². The number of fused-ring (bicyclic) bond motifs is 9. The molecule has 0 amide bonds. The Labute approximate surface area is 344 Å². The number of hydrogen-bond donors (Lipinski definition) is 0. The Morgan fingerprint density at radius 3 is 1.66 bits per heavy atom. The predicted molar refractivity (Wildman–Crippen MR) is 243 cm³/mol. The molecule has 0 saturated carbocycles. The van der Waals surface area contributed by atoms with Crippen LogP contribution in [-0.4, -0.2) is 0 Å². The first-order valence-electron chi connectivity index (χ1n) is 20.5. The van der Waals surface area contributed by atoms with E-state index in [-0.39, 0.29) is 5.41 Å². The summed E-state index contributed by atoms with van der Waals surface area (Å²) in [5, 5.41) is 2.24. The number of nitrogens with zero attached hydrogens (tertiary/aromatic N) is 1. The van der Waals surface area contributed by atoms with Crippen LogP contribution >= 0.6 is 0 Å². The van der Waals surface area contributed by atoms with Crippen LogP contribution in [-0.2, 0) is 10.8 Å². The molecule has 0 N–H and O–H groups in total. The van der Waals surface area contributed by atoms with E-state index in [1.165, 1.54) is 61.2 Å². The lowest BCUT2D eigenvalue weighted by Gasteiger charge is -2.34. The number of furan rings is 1. The van der Waals surface area contributed by atoms with Crippen molar-refractivity contribution in [1.82, 2.24) is 0 Å². The standard InChI is InChI=1S/C57H39NO/c1-56(38-18-5-2-6-19-38)48-27-14-11-24-43(48)44-34-32-41(36-51(44)56)58(42-33-35-46-45-25-13-16-31-53(45)59-54(46)37-42)52-30-17-29-50-55(52)47-26-12-15-28-49(47)57(50,39-20-7-3-8-21-39)40-22-9-4-10-23-40/h2-37H,1H3. The van der Waals surface area contributed by atoms with Crippen molar-refractivity contribution in [3.05, 3.63) is 257 Å². The van der Waals surface area contributed by atoms with Crippen LogP contribution in [0.25, 0.3) is 44.2 Å². The van der Waals surface area contributed by atoms with Crippen molar-refractivity contribution in [3.8, 4) is 22.3 Å². The molecule has 2 heteroatoms. The normalized spacial score (nSPS) is 15.7. The molecule has 1 atom stereocenters. The van der Waals surface area contributed by atoms with E-state index in [1.807, 2.05) is 6.07 Å². The van der Waals surface area contributed by atoms with Gasteiger partial charge in [0.25, 0.3) is 0 Å². The van der Waals surface area contributed by atoms with Gasteiger partial charge in [-0.05, 0) is 99.0 Å². The molecular formula is C57H39NO. The van der Waals surface area contributed by atoms with E-state index in [9.17, 15) is 0 Å². The van der Waals surface area contributed by atoms with Gasteiger partial charge in [-0.2, -0.15) is 0 Å². The third-order valence-electron chi connectivity index (χ3n) is 13.2. The molecule has 278 valence electrons. The van der Waals surface area contributed by atoms with Crippen molar-refractivity contribution < 1.29 is 4.42 Å². The summed E-state index contributed by atoms with van der Waals surface area (Å²) in [6, 6.07) is 80.2. The molecule has 0 bridgehead atoms. The Morgan fingerprint density at radius 2 is 0.915 bits per heavy atom. The maximum Gasteiger partial charge on any atom is 0.137 e. The van der Waals surface area contributed by atoms with Crippen LogP contribution in [0.2, 0.25) is 0 Å². The molecule has 1 heterocycles. The third-order valence-corrected chi connectivity index (χ3v) is 13.2. The highest BCUT2D eigenvalue weighted by Crippen LogP contribution is 2.60. The summed E-state index contributed by atoms with van der Waals surface area (Å²) in [5.41, 5.74) is 18.1. The van der Waals surface area contributed by atoms with Crippen LogP contribution in [0.15, 0.2) is 223 Å². The first-order chi connectivity index (χ1) is 29.2. The minimum Gasteiger partial charge on any atom is -0.456 e.